The van der Waals surface area contributed by atoms with E-state index in [0.29, 0.717) is 18.0 Å². The van der Waals surface area contributed by atoms with Gasteiger partial charge in [-0.3, -0.25) is 5.43 Å². The van der Waals surface area contributed by atoms with Gasteiger partial charge in [-0.2, -0.15) is 15.6 Å². The Morgan fingerprint density at radius 2 is 2.24 bits per heavy atom. The van der Waals surface area contributed by atoms with E-state index in [-0.39, 0.29) is 5.71 Å². The molecular formula is C14H12N6O. The van der Waals surface area contributed by atoms with E-state index < -0.39 is 0 Å². The van der Waals surface area contributed by atoms with E-state index in [9.17, 15) is 0 Å². The number of aromatic nitrogens is 2. The van der Waals surface area contributed by atoms with Crippen molar-refractivity contribution in [2.75, 3.05) is 12.5 Å². The summed E-state index contributed by atoms with van der Waals surface area (Å²) in [4.78, 5) is 3.98. The molecule has 2 aromatic rings. The van der Waals surface area contributed by atoms with Crippen molar-refractivity contribution in [3.05, 3.63) is 42.5 Å². The second-order valence-corrected chi connectivity index (χ2v) is 4.07. The molecule has 0 aliphatic carbocycles. The Kier molecular flexibility index (Phi) is 4.52. The zero-order valence-electron chi connectivity index (χ0n) is 11.3. The molecule has 7 nitrogen and oxygen atoms in total. The van der Waals surface area contributed by atoms with Gasteiger partial charge in [-0.1, -0.05) is 6.07 Å². The summed E-state index contributed by atoms with van der Waals surface area (Å²) < 4.78 is 7.14. The molecule has 7 heteroatoms. The third-order valence-corrected chi connectivity index (χ3v) is 2.69. The monoisotopic (exact) mass is 280 g/mol. The zero-order chi connectivity index (χ0) is 15.1. The van der Waals surface area contributed by atoms with E-state index in [1.54, 1.807) is 30.7 Å². The highest BCUT2D eigenvalue weighted by Gasteiger charge is 2.05. The molecule has 1 aromatic carbocycles. The van der Waals surface area contributed by atoms with Crippen LogP contribution in [-0.2, 0) is 6.54 Å². The quantitative estimate of drug-likeness (QED) is 0.664. The molecule has 0 bridgehead atoms. The summed E-state index contributed by atoms with van der Waals surface area (Å²) in [6.45, 7) is 0.645. The molecule has 0 amide bonds. The fraction of sp³-hybridized carbons (Fsp3) is 0.143. The maximum atomic E-state index is 8.67. The molecule has 1 heterocycles. The Balaban J connectivity index is 2.24. The van der Waals surface area contributed by atoms with Gasteiger partial charge >= 0.3 is 0 Å². The van der Waals surface area contributed by atoms with Gasteiger partial charge < -0.3 is 9.30 Å². The Labute approximate surface area is 121 Å². The van der Waals surface area contributed by atoms with Crippen molar-refractivity contribution < 1.29 is 4.74 Å². The fourth-order valence-corrected chi connectivity index (χ4v) is 1.72. The number of anilines is 1. The summed E-state index contributed by atoms with van der Waals surface area (Å²) >= 11 is 0. The molecule has 0 aliphatic rings. The number of benzene rings is 1. The Hall–Kier alpha value is -3.32. The lowest BCUT2D eigenvalue weighted by molar-refractivity contribution is 0.416. The number of hydrogen-bond donors (Lipinski definition) is 1. The summed E-state index contributed by atoms with van der Waals surface area (Å²) in [7, 11) is 1.54. The topological polar surface area (TPSA) is 99.0 Å². The molecular weight excluding hydrogens is 268 g/mol. The van der Waals surface area contributed by atoms with Gasteiger partial charge in [0.05, 0.1) is 19.1 Å². The van der Waals surface area contributed by atoms with Crippen LogP contribution in [0.4, 0.5) is 5.69 Å². The summed E-state index contributed by atoms with van der Waals surface area (Å²) in [6, 6.07) is 8.92. The van der Waals surface area contributed by atoms with E-state index in [4.69, 9.17) is 15.3 Å². The third kappa shape index (κ3) is 3.58. The van der Waals surface area contributed by atoms with E-state index in [1.165, 1.54) is 7.11 Å². The first-order valence-corrected chi connectivity index (χ1v) is 6.03. The molecule has 0 atom stereocenters. The Morgan fingerprint density at radius 1 is 1.43 bits per heavy atom. The number of nitrogens with one attached hydrogen (secondary N) is 1. The molecule has 104 valence electrons. The minimum atomic E-state index is -0.253. The van der Waals surface area contributed by atoms with Gasteiger partial charge in [0.1, 0.15) is 17.9 Å². The van der Waals surface area contributed by atoms with E-state index in [1.807, 2.05) is 22.9 Å². The number of rotatable bonds is 5. The maximum absolute atomic E-state index is 8.67. The van der Waals surface area contributed by atoms with Gasteiger partial charge in [-0.05, 0) is 17.7 Å². The van der Waals surface area contributed by atoms with Crippen molar-refractivity contribution in [1.29, 1.82) is 10.5 Å². The number of hydrazone groups is 1. The van der Waals surface area contributed by atoms with Crippen LogP contribution in [0, 0.1) is 22.7 Å². The van der Waals surface area contributed by atoms with E-state index in [0.717, 1.165) is 5.56 Å². The molecule has 0 saturated carbocycles. The minimum absolute atomic E-state index is 0.253. The Morgan fingerprint density at radius 3 is 2.86 bits per heavy atom. The van der Waals surface area contributed by atoms with Gasteiger partial charge in [0, 0.05) is 18.9 Å². The molecule has 2 rings (SSSR count). The second-order valence-electron chi connectivity index (χ2n) is 4.07. The van der Waals surface area contributed by atoms with Crippen molar-refractivity contribution >= 4 is 11.4 Å². The highest BCUT2D eigenvalue weighted by molar-refractivity contribution is 6.10. The molecule has 1 aromatic heterocycles. The number of ether oxygens (including phenoxy) is 1. The van der Waals surface area contributed by atoms with Gasteiger partial charge in [-0.15, -0.1) is 0 Å². The lowest BCUT2D eigenvalue weighted by Crippen LogP contribution is -2.01. The second kappa shape index (κ2) is 6.73. The first-order valence-electron chi connectivity index (χ1n) is 6.03. The number of hydrogen-bond acceptors (Lipinski definition) is 6. The highest BCUT2D eigenvalue weighted by atomic mass is 16.5. The zero-order valence-corrected chi connectivity index (χ0v) is 11.3. The standard InChI is InChI=1S/C14H12N6O/c1-21-14-3-2-11(9-20-5-4-17-10-20)6-13(14)19-18-12(7-15)8-16/h2-6,10,19H,9H2,1H3. The van der Waals surface area contributed by atoms with Crippen LogP contribution in [0.3, 0.4) is 0 Å². The number of nitrogens with zero attached hydrogens (tertiary/aromatic N) is 5. The van der Waals surface area contributed by atoms with Crippen LogP contribution in [0.25, 0.3) is 0 Å². The first kappa shape index (κ1) is 14.1. The summed E-state index contributed by atoms with van der Waals surface area (Å²) in [5.74, 6) is 0.573. The number of nitriles is 2. The number of imidazole rings is 1. The summed E-state index contributed by atoms with van der Waals surface area (Å²) in [5, 5.41) is 21.1. The maximum Gasteiger partial charge on any atom is 0.237 e. The SMILES string of the molecule is COc1ccc(Cn2ccnc2)cc1NN=C(C#N)C#N. The van der Waals surface area contributed by atoms with Crippen molar-refractivity contribution in [2.45, 2.75) is 6.54 Å². The number of methoxy groups -OCH3 is 1. The van der Waals surface area contributed by atoms with Crippen molar-refractivity contribution in [2.24, 2.45) is 5.10 Å². The molecule has 0 saturated heterocycles. The van der Waals surface area contributed by atoms with Crippen molar-refractivity contribution in [3.63, 3.8) is 0 Å². The predicted molar refractivity (Wildman–Crippen MR) is 76.6 cm³/mol. The van der Waals surface area contributed by atoms with Gasteiger partial charge in [0.15, 0.2) is 0 Å². The Bertz CT molecular complexity index is 705. The van der Waals surface area contributed by atoms with Crippen molar-refractivity contribution in [3.8, 4) is 17.9 Å². The van der Waals surface area contributed by atoms with Crippen molar-refractivity contribution in [1.82, 2.24) is 9.55 Å². The average molecular weight is 280 g/mol. The van der Waals surface area contributed by atoms with Crippen LogP contribution >= 0.6 is 0 Å². The highest BCUT2D eigenvalue weighted by Crippen LogP contribution is 2.25. The minimum Gasteiger partial charge on any atom is -0.495 e. The molecule has 0 radical (unpaired) electrons. The van der Waals surface area contributed by atoms with Crippen LogP contribution in [-0.4, -0.2) is 22.4 Å². The van der Waals surface area contributed by atoms with Crippen LogP contribution in [0.15, 0.2) is 42.0 Å². The molecule has 1 N–H and O–H groups in total. The van der Waals surface area contributed by atoms with E-state index >= 15 is 0 Å². The molecule has 0 aliphatic heterocycles. The summed E-state index contributed by atoms with van der Waals surface area (Å²) in [6.07, 6.45) is 5.29. The van der Waals surface area contributed by atoms with E-state index in [2.05, 4.69) is 15.5 Å². The largest absolute Gasteiger partial charge is 0.495 e. The van der Waals surface area contributed by atoms with Crippen LogP contribution in [0.5, 0.6) is 5.75 Å². The van der Waals surface area contributed by atoms with Crippen LogP contribution in [0.1, 0.15) is 5.56 Å². The first-order chi connectivity index (χ1) is 10.3. The van der Waals surface area contributed by atoms with Crippen LogP contribution in [0.2, 0.25) is 0 Å². The van der Waals surface area contributed by atoms with Crippen LogP contribution < -0.4 is 10.2 Å². The smallest absolute Gasteiger partial charge is 0.237 e. The average Bonchev–Trinajstić information content (AvgIpc) is 3.01. The van der Waals surface area contributed by atoms with Gasteiger partial charge in [0.25, 0.3) is 0 Å². The summed E-state index contributed by atoms with van der Waals surface area (Å²) in [5.41, 5.74) is 4.01. The molecule has 0 fully saturated rings. The molecule has 21 heavy (non-hydrogen) atoms. The fourth-order valence-electron chi connectivity index (χ4n) is 1.72. The lowest BCUT2D eigenvalue weighted by Gasteiger charge is -2.10. The third-order valence-electron chi connectivity index (χ3n) is 2.69. The normalized spacial score (nSPS) is 9.29. The van der Waals surface area contributed by atoms with Gasteiger partial charge in [-0.25, -0.2) is 4.98 Å². The van der Waals surface area contributed by atoms with Gasteiger partial charge in [0.2, 0.25) is 5.71 Å². The predicted octanol–water partition coefficient (Wildman–Crippen LogP) is 1.76. The molecule has 0 spiro atoms. The molecule has 0 unspecified atom stereocenters. The lowest BCUT2D eigenvalue weighted by atomic mass is 10.2.